The van der Waals surface area contributed by atoms with Gasteiger partial charge in [0.2, 0.25) is 0 Å². The van der Waals surface area contributed by atoms with Gasteiger partial charge in [-0.25, -0.2) is 4.79 Å². The lowest BCUT2D eigenvalue weighted by molar-refractivity contribution is -0.139. The summed E-state index contributed by atoms with van der Waals surface area (Å²) in [4.78, 5) is 12.3. The van der Waals surface area contributed by atoms with Gasteiger partial charge >= 0.3 is 5.97 Å². The van der Waals surface area contributed by atoms with Crippen molar-refractivity contribution in [2.24, 2.45) is 0 Å². The Morgan fingerprint density at radius 3 is 3.00 bits per heavy atom. The van der Waals surface area contributed by atoms with E-state index < -0.39 is 0 Å². The minimum absolute atomic E-state index is 0.219. The Kier molecular flexibility index (Phi) is 5.07. The summed E-state index contributed by atoms with van der Waals surface area (Å²) < 4.78 is 10.1. The lowest BCUT2D eigenvalue weighted by atomic mass is 10.3. The highest BCUT2D eigenvalue weighted by Crippen LogP contribution is 2.10. The summed E-state index contributed by atoms with van der Waals surface area (Å²) in [5.74, 6) is -0.385. The summed E-state index contributed by atoms with van der Waals surface area (Å²) in [6, 6.07) is 3.95. The molecular formula is C11H14O3S. The molecule has 0 aliphatic heterocycles. The predicted molar refractivity (Wildman–Crippen MR) is 59.7 cm³/mol. The van der Waals surface area contributed by atoms with E-state index in [9.17, 15) is 4.79 Å². The zero-order valence-electron chi connectivity index (χ0n) is 8.69. The molecule has 0 amide bonds. The van der Waals surface area contributed by atoms with Crippen molar-refractivity contribution in [3.05, 3.63) is 34.5 Å². The van der Waals surface area contributed by atoms with E-state index in [-0.39, 0.29) is 12.6 Å². The lowest BCUT2D eigenvalue weighted by Gasteiger charge is -2.05. The van der Waals surface area contributed by atoms with Crippen molar-refractivity contribution in [2.75, 3.05) is 13.2 Å². The van der Waals surface area contributed by atoms with E-state index in [1.54, 1.807) is 18.3 Å². The van der Waals surface area contributed by atoms with Crippen LogP contribution in [-0.4, -0.2) is 19.2 Å². The van der Waals surface area contributed by atoms with Gasteiger partial charge in [-0.2, -0.15) is 0 Å². The quantitative estimate of drug-likeness (QED) is 0.552. The number of thiophene rings is 1. The zero-order valence-corrected chi connectivity index (χ0v) is 9.51. The first-order chi connectivity index (χ1) is 7.24. The van der Waals surface area contributed by atoms with Crippen molar-refractivity contribution >= 4 is 17.3 Å². The number of esters is 1. The second-order valence-electron chi connectivity index (χ2n) is 2.90. The van der Waals surface area contributed by atoms with Crippen LogP contribution in [0.2, 0.25) is 0 Å². The largest absolute Gasteiger partial charge is 0.463 e. The predicted octanol–water partition coefficient (Wildman–Crippen LogP) is 2.38. The molecule has 0 saturated heterocycles. The first-order valence-corrected chi connectivity index (χ1v) is 5.57. The van der Waals surface area contributed by atoms with Crippen LogP contribution in [0.4, 0.5) is 0 Å². The SMILES string of the molecule is C=C(COCc1cccs1)C(=O)OCC. The van der Waals surface area contributed by atoms with Gasteiger partial charge in [0.25, 0.3) is 0 Å². The van der Waals surface area contributed by atoms with Crippen molar-refractivity contribution in [1.82, 2.24) is 0 Å². The molecule has 0 aromatic carbocycles. The van der Waals surface area contributed by atoms with Gasteiger partial charge in [0, 0.05) is 4.88 Å². The molecule has 0 aliphatic rings. The normalized spacial score (nSPS) is 9.93. The molecule has 1 aromatic rings. The number of carbonyl (C=O) groups is 1. The van der Waals surface area contributed by atoms with Crippen molar-refractivity contribution in [1.29, 1.82) is 0 Å². The monoisotopic (exact) mass is 226 g/mol. The van der Waals surface area contributed by atoms with Crippen LogP contribution in [0.15, 0.2) is 29.7 Å². The molecule has 3 nitrogen and oxygen atoms in total. The molecule has 0 saturated carbocycles. The fourth-order valence-corrected chi connectivity index (χ4v) is 1.60. The van der Waals surface area contributed by atoms with Crippen LogP contribution in [-0.2, 0) is 20.9 Å². The number of ether oxygens (including phenoxy) is 2. The summed E-state index contributed by atoms with van der Waals surface area (Å²) in [5, 5.41) is 1.98. The molecule has 0 atom stereocenters. The second kappa shape index (κ2) is 6.37. The van der Waals surface area contributed by atoms with Crippen LogP contribution >= 0.6 is 11.3 Å². The Labute approximate surface area is 93.3 Å². The van der Waals surface area contributed by atoms with E-state index in [2.05, 4.69) is 6.58 Å². The zero-order chi connectivity index (χ0) is 11.1. The van der Waals surface area contributed by atoms with Crippen LogP contribution < -0.4 is 0 Å². The number of hydrogen-bond acceptors (Lipinski definition) is 4. The van der Waals surface area contributed by atoms with Crippen LogP contribution in [0.3, 0.4) is 0 Å². The third-order valence-corrected chi connectivity index (χ3v) is 2.51. The minimum Gasteiger partial charge on any atom is -0.463 e. The van der Waals surface area contributed by atoms with E-state index in [4.69, 9.17) is 9.47 Å². The summed E-state index contributed by atoms with van der Waals surface area (Å²) in [7, 11) is 0. The van der Waals surface area contributed by atoms with E-state index in [1.165, 1.54) is 0 Å². The van der Waals surface area contributed by atoms with E-state index in [0.717, 1.165) is 4.88 Å². The third-order valence-electron chi connectivity index (χ3n) is 1.66. The van der Waals surface area contributed by atoms with Gasteiger partial charge in [0.05, 0.1) is 25.4 Å². The van der Waals surface area contributed by atoms with Gasteiger partial charge in [-0.05, 0) is 18.4 Å². The molecule has 0 spiro atoms. The van der Waals surface area contributed by atoms with Crippen molar-refractivity contribution in [2.45, 2.75) is 13.5 Å². The van der Waals surface area contributed by atoms with Crippen LogP contribution in [0, 0.1) is 0 Å². The van der Waals surface area contributed by atoms with Gasteiger partial charge in [-0.1, -0.05) is 12.6 Å². The second-order valence-corrected chi connectivity index (χ2v) is 3.93. The molecule has 0 unspecified atom stereocenters. The Balaban J connectivity index is 2.20. The fraction of sp³-hybridized carbons (Fsp3) is 0.364. The third kappa shape index (κ3) is 4.27. The summed E-state index contributed by atoms with van der Waals surface area (Å²) >= 11 is 1.62. The maximum Gasteiger partial charge on any atom is 0.335 e. The molecule has 0 radical (unpaired) electrons. The molecule has 4 heteroatoms. The summed E-state index contributed by atoms with van der Waals surface area (Å²) in [6.45, 7) is 6.45. The van der Waals surface area contributed by atoms with Crippen LogP contribution in [0.1, 0.15) is 11.8 Å². The van der Waals surface area contributed by atoms with Crippen molar-refractivity contribution < 1.29 is 14.3 Å². The van der Waals surface area contributed by atoms with Gasteiger partial charge in [-0.3, -0.25) is 0 Å². The molecule has 1 heterocycles. The highest BCUT2D eigenvalue weighted by molar-refractivity contribution is 7.09. The Bertz CT molecular complexity index is 317. The van der Waals surface area contributed by atoms with Crippen molar-refractivity contribution in [3.63, 3.8) is 0 Å². The van der Waals surface area contributed by atoms with E-state index in [0.29, 0.717) is 18.8 Å². The summed E-state index contributed by atoms with van der Waals surface area (Å²) in [5.41, 5.74) is 0.355. The number of carbonyl (C=O) groups excluding carboxylic acids is 1. The molecule has 0 fully saturated rings. The van der Waals surface area contributed by atoms with Crippen LogP contribution in [0.25, 0.3) is 0 Å². The maximum absolute atomic E-state index is 11.1. The average Bonchev–Trinajstić information content (AvgIpc) is 2.71. The molecule has 15 heavy (non-hydrogen) atoms. The molecule has 0 bridgehead atoms. The topological polar surface area (TPSA) is 35.5 Å². The Hall–Kier alpha value is -1.13. The molecule has 1 aromatic heterocycles. The number of rotatable bonds is 6. The standard InChI is InChI=1S/C11H14O3S/c1-3-14-11(12)9(2)7-13-8-10-5-4-6-15-10/h4-6H,2-3,7-8H2,1H3. The van der Waals surface area contributed by atoms with E-state index in [1.807, 2.05) is 17.5 Å². The van der Waals surface area contributed by atoms with Gasteiger partial charge in [0.1, 0.15) is 0 Å². The maximum atomic E-state index is 11.1. The summed E-state index contributed by atoms with van der Waals surface area (Å²) in [6.07, 6.45) is 0. The highest BCUT2D eigenvalue weighted by atomic mass is 32.1. The van der Waals surface area contributed by atoms with Gasteiger partial charge < -0.3 is 9.47 Å². The van der Waals surface area contributed by atoms with Crippen LogP contribution in [0.5, 0.6) is 0 Å². The van der Waals surface area contributed by atoms with Crippen molar-refractivity contribution in [3.8, 4) is 0 Å². The Morgan fingerprint density at radius 2 is 2.40 bits per heavy atom. The smallest absolute Gasteiger partial charge is 0.335 e. The highest BCUT2D eigenvalue weighted by Gasteiger charge is 2.07. The minimum atomic E-state index is -0.385. The number of hydrogen-bond donors (Lipinski definition) is 0. The average molecular weight is 226 g/mol. The molecule has 0 aliphatic carbocycles. The molecule has 0 N–H and O–H groups in total. The van der Waals surface area contributed by atoms with Gasteiger partial charge in [0.15, 0.2) is 0 Å². The van der Waals surface area contributed by atoms with Gasteiger partial charge in [-0.15, -0.1) is 11.3 Å². The fourth-order valence-electron chi connectivity index (χ4n) is 0.962. The lowest BCUT2D eigenvalue weighted by Crippen LogP contribution is -2.11. The Morgan fingerprint density at radius 1 is 1.60 bits per heavy atom. The first kappa shape index (κ1) is 11.9. The molecule has 1 rings (SSSR count). The molecule has 82 valence electrons. The molecular weight excluding hydrogens is 212 g/mol. The first-order valence-electron chi connectivity index (χ1n) is 4.69. The van der Waals surface area contributed by atoms with E-state index >= 15 is 0 Å².